The van der Waals surface area contributed by atoms with Crippen molar-refractivity contribution in [1.82, 2.24) is 10.3 Å². The summed E-state index contributed by atoms with van der Waals surface area (Å²) in [6.45, 7) is 4.48. The van der Waals surface area contributed by atoms with Crippen LogP contribution in [0, 0.1) is 5.92 Å². The molecule has 1 heterocycles. The second kappa shape index (κ2) is 7.92. The van der Waals surface area contributed by atoms with Gasteiger partial charge in [-0.3, -0.25) is 4.79 Å². The fourth-order valence-corrected chi connectivity index (χ4v) is 2.35. The molecule has 0 saturated heterocycles. The fourth-order valence-electron chi connectivity index (χ4n) is 2.24. The van der Waals surface area contributed by atoms with Gasteiger partial charge in [-0.05, 0) is 23.6 Å². The van der Waals surface area contributed by atoms with Crippen LogP contribution >= 0.6 is 11.6 Å². The maximum absolute atomic E-state index is 12.0. The molecule has 116 valence electrons. The molecule has 22 heavy (non-hydrogen) atoms. The van der Waals surface area contributed by atoms with Gasteiger partial charge in [-0.2, -0.15) is 0 Å². The minimum atomic E-state index is -0.128. The fraction of sp³-hybridized carbons (Fsp3) is 0.294. The maximum Gasteiger partial charge on any atom is 0.239 e. The second-order valence-electron chi connectivity index (χ2n) is 5.42. The molecular formula is C17H20ClN3O. The SMILES string of the molecule is CC(C)[C@@H](NCC(=O)Nc1ccc(Cl)cn1)c1ccccc1. The van der Waals surface area contributed by atoms with Crippen molar-refractivity contribution in [3.8, 4) is 0 Å². The summed E-state index contributed by atoms with van der Waals surface area (Å²) in [6.07, 6.45) is 1.51. The lowest BCUT2D eigenvalue weighted by Gasteiger charge is -2.22. The molecule has 0 unspecified atom stereocenters. The highest BCUT2D eigenvalue weighted by Crippen LogP contribution is 2.20. The van der Waals surface area contributed by atoms with Gasteiger partial charge in [0.2, 0.25) is 5.91 Å². The summed E-state index contributed by atoms with van der Waals surface area (Å²) in [5.41, 5.74) is 1.18. The molecule has 2 N–H and O–H groups in total. The molecule has 0 bridgehead atoms. The van der Waals surface area contributed by atoms with Crippen LogP contribution in [0.5, 0.6) is 0 Å². The summed E-state index contributed by atoms with van der Waals surface area (Å²) in [5.74, 6) is 0.747. The molecule has 5 heteroatoms. The van der Waals surface area contributed by atoms with Crippen molar-refractivity contribution in [2.75, 3.05) is 11.9 Å². The Morgan fingerprint density at radius 2 is 1.91 bits per heavy atom. The van der Waals surface area contributed by atoms with E-state index in [0.717, 1.165) is 0 Å². The van der Waals surface area contributed by atoms with Crippen molar-refractivity contribution in [1.29, 1.82) is 0 Å². The van der Waals surface area contributed by atoms with Crippen LogP contribution in [-0.2, 0) is 4.79 Å². The summed E-state index contributed by atoms with van der Waals surface area (Å²) < 4.78 is 0. The van der Waals surface area contributed by atoms with Crippen LogP contribution in [0.25, 0.3) is 0 Å². The molecule has 0 aliphatic carbocycles. The van der Waals surface area contributed by atoms with Crippen LogP contribution in [0.2, 0.25) is 5.02 Å². The lowest BCUT2D eigenvalue weighted by atomic mass is 9.96. The highest BCUT2D eigenvalue weighted by molar-refractivity contribution is 6.30. The Hall–Kier alpha value is -1.91. The standard InChI is InChI=1S/C17H20ClN3O/c1-12(2)17(13-6-4-3-5-7-13)20-11-16(22)21-15-9-8-14(18)10-19-15/h3-10,12,17,20H,11H2,1-2H3,(H,19,21,22)/t17-/m1/s1. The molecule has 4 nitrogen and oxygen atoms in total. The predicted molar refractivity (Wildman–Crippen MR) is 89.9 cm³/mol. The number of carbonyl (C=O) groups is 1. The Morgan fingerprint density at radius 3 is 2.50 bits per heavy atom. The highest BCUT2D eigenvalue weighted by Gasteiger charge is 2.16. The average molecular weight is 318 g/mol. The van der Waals surface area contributed by atoms with Gasteiger partial charge in [-0.25, -0.2) is 4.98 Å². The van der Waals surface area contributed by atoms with Gasteiger partial charge >= 0.3 is 0 Å². The molecule has 0 fully saturated rings. The number of rotatable bonds is 6. The average Bonchev–Trinajstić information content (AvgIpc) is 2.50. The Kier molecular flexibility index (Phi) is 5.92. The van der Waals surface area contributed by atoms with Crippen molar-refractivity contribution in [3.05, 3.63) is 59.2 Å². The number of carbonyl (C=O) groups excluding carboxylic acids is 1. The Bertz CT molecular complexity index is 599. The molecule has 1 amide bonds. The van der Waals surface area contributed by atoms with E-state index in [4.69, 9.17) is 11.6 Å². The molecule has 1 aromatic heterocycles. The van der Waals surface area contributed by atoms with Crippen LogP contribution in [-0.4, -0.2) is 17.4 Å². The summed E-state index contributed by atoms with van der Waals surface area (Å²) in [5, 5.41) is 6.59. The molecule has 0 radical (unpaired) electrons. The molecule has 0 aliphatic heterocycles. The summed E-state index contributed by atoms with van der Waals surface area (Å²) >= 11 is 5.77. The molecule has 1 aromatic carbocycles. The van der Waals surface area contributed by atoms with Crippen molar-refractivity contribution >= 4 is 23.3 Å². The number of hydrogen-bond acceptors (Lipinski definition) is 3. The van der Waals surface area contributed by atoms with Crippen LogP contribution in [0.4, 0.5) is 5.82 Å². The van der Waals surface area contributed by atoms with Gasteiger partial charge in [-0.15, -0.1) is 0 Å². The van der Waals surface area contributed by atoms with Gasteiger partial charge in [0, 0.05) is 12.2 Å². The zero-order valence-corrected chi connectivity index (χ0v) is 13.5. The van der Waals surface area contributed by atoms with E-state index >= 15 is 0 Å². The van der Waals surface area contributed by atoms with E-state index in [9.17, 15) is 4.79 Å². The smallest absolute Gasteiger partial charge is 0.239 e. The van der Waals surface area contributed by atoms with E-state index in [-0.39, 0.29) is 18.5 Å². The number of nitrogens with one attached hydrogen (secondary N) is 2. The van der Waals surface area contributed by atoms with Crippen LogP contribution in [0.3, 0.4) is 0 Å². The van der Waals surface area contributed by atoms with Crippen LogP contribution in [0.1, 0.15) is 25.5 Å². The molecule has 1 atom stereocenters. The predicted octanol–water partition coefficient (Wildman–Crippen LogP) is 3.66. The van der Waals surface area contributed by atoms with Crippen LogP contribution in [0.15, 0.2) is 48.7 Å². The minimum Gasteiger partial charge on any atom is -0.310 e. The first-order chi connectivity index (χ1) is 10.6. The number of nitrogens with zero attached hydrogens (tertiary/aromatic N) is 1. The lowest BCUT2D eigenvalue weighted by Crippen LogP contribution is -2.33. The van der Waals surface area contributed by atoms with Crippen molar-refractivity contribution in [2.45, 2.75) is 19.9 Å². The van der Waals surface area contributed by atoms with Gasteiger partial charge in [0.25, 0.3) is 0 Å². The number of amides is 1. The first-order valence-electron chi connectivity index (χ1n) is 7.26. The Balaban J connectivity index is 1.92. The Labute approximate surface area is 135 Å². The van der Waals surface area contributed by atoms with Gasteiger partial charge in [0.1, 0.15) is 5.82 Å². The van der Waals surface area contributed by atoms with Crippen molar-refractivity contribution in [3.63, 3.8) is 0 Å². The largest absolute Gasteiger partial charge is 0.310 e. The summed E-state index contributed by atoms with van der Waals surface area (Å²) in [7, 11) is 0. The number of anilines is 1. The number of aromatic nitrogens is 1. The highest BCUT2D eigenvalue weighted by atomic mass is 35.5. The van der Waals surface area contributed by atoms with Gasteiger partial charge in [-0.1, -0.05) is 55.8 Å². The number of halogens is 1. The third kappa shape index (κ3) is 4.83. The molecule has 0 saturated carbocycles. The van der Waals surface area contributed by atoms with E-state index in [1.54, 1.807) is 12.1 Å². The number of pyridine rings is 1. The van der Waals surface area contributed by atoms with Crippen molar-refractivity contribution in [2.24, 2.45) is 5.92 Å². The quantitative estimate of drug-likeness (QED) is 0.855. The molecule has 0 aliphatic rings. The zero-order valence-electron chi connectivity index (χ0n) is 12.7. The molecule has 2 rings (SSSR count). The minimum absolute atomic E-state index is 0.128. The van der Waals surface area contributed by atoms with E-state index in [0.29, 0.717) is 16.8 Å². The van der Waals surface area contributed by atoms with E-state index in [1.165, 1.54) is 11.8 Å². The maximum atomic E-state index is 12.0. The molecular weight excluding hydrogens is 298 g/mol. The lowest BCUT2D eigenvalue weighted by molar-refractivity contribution is -0.115. The van der Waals surface area contributed by atoms with Crippen molar-refractivity contribution < 1.29 is 4.79 Å². The third-order valence-corrected chi connectivity index (χ3v) is 3.53. The second-order valence-corrected chi connectivity index (χ2v) is 5.86. The number of benzene rings is 1. The molecule has 2 aromatic rings. The van der Waals surface area contributed by atoms with Gasteiger partial charge in [0.15, 0.2) is 0 Å². The topological polar surface area (TPSA) is 54.0 Å². The van der Waals surface area contributed by atoms with E-state index in [2.05, 4.69) is 41.6 Å². The van der Waals surface area contributed by atoms with Gasteiger partial charge < -0.3 is 10.6 Å². The monoisotopic (exact) mass is 317 g/mol. The zero-order chi connectivity index (χ0) is 15.9. The normalized spacial score (nSPS) is 12.2. The van der Waals surface area contributed by atoms with Gasteiger partial charge in [0.05, 0.1) is 11.6 Å². The van der Waals surface area contributed by atoms with Crippen LogP contribution < -0.4 is 10.6 Å². The molecule has 0 spiro atoms. The first-order valence-corrected chi connectivity index (χ1v) is 7.64. The van der Waals surface area contributed by atoms with E-state index in [1.807, 2.05) is 18.2 Å². The van der Waals surface area contributed by atoms with E-state index < -0.39 is 0 Å². The summed E-state index contributed by atoms with van der Waals surface area (Å²) in [6, 6.07) is 13.6. The summed E-state index contributed by atoms with van der Waals surface area (Å²) in [4.78, 5) is 16.1. The number of hydrogen-bond donors (Lipinski definition) is 2. The Morgan fingerprint density at radius 1 is 1.18 bits per heavy atom. The first kappa shape index (κ1) is 16.5. The third-order valence-electron chi connectivity index (χ3n) is 3.30.